The lowest BCUT2D eigenvalue weighted by molar-refractivity contribution is -0.385. The number of benzene rings is 1. The average molecular weight is 361 g/mol. The van der Waals surface area contributed by atoms with Crippen LogP contribution in [0.3, 0.4) is 0 Å². The van der Waals surface area contributed by atoms with Crippen LogP contribution in [-0.2, 0) is 9.53 Å². The van der Waals surface area contributed by atoms with E-state index in [1.165, 1.54) is 0 Å². The number of methoxy groups -OCH3 is 1. The predicted molar refractivity (Wildman–Crippen MR) is 81.0 cm³/mol. The molecule has 1 aromatic carbocycles. The Kier molecular flexibility index (Phi) is 6.37. The van der Waals surface area contributed by atoms with Gasteiger partial charge in [0.25, 0.3) is 5.69 Å². The van der Waals surface area contributed by atoms with Crippen LogP contribution in [0.5, 0.6) is 11.5 Å². The summed E-state index contributed by atoms with van der Waals surface area (Å²) in [4.78, 5) is 34.0. The second kappa shape index (κ2) is 7.86. The summed E-state index contributed by atoms with van der Waals surface area (Å²) < 4.78 is 38.5. The first-order valence-corrected chi connectivity index (χ1v) is 6.99. The zero-order valence-corrected chi connectivity index (χ0v) is 14.0. The molecule has 0 bridgehead atoms. The maximum Gasteiger partial charge on any atom is 0.387 e. The van der Waals surface area contributed by atoms with Crippen molar-refractivity contribution in [1.82, 2.24) is 0 Å². The highest BCUT2D eigenvalue weighted by Crippen LogP contribution is 2.36. The van der Waals surface area contributed by atoms with Crippen molar-refractivity contribution >= 4 is 17.4 Å². The molecule has 0 saturated carbocycles. The molecule has 0 aliphatic carbocycles. The number of hydrogen-bond acceptors (Lipinski definition) is 7. The van der Waals surface area contributed by atoms with Gasteiger partial charge in [0.05, 0.1) is 18.1 Å². The number of rotatable bonds is 7. The van der Waals surface area contributed by atoms with E-state index in [1.807, 2.05) is 0 Å². The fourth-order valence-electron chi connectivity index (χ4n) is 1.64. The highest BCUT2D eigenvalue weighted by molar-refractivity contribution is 5.96. The largest absolute Gasteiger partial charge is 0.493 e. The maximum absolute atomic E-state index is 12.4. The lowest BCUT2D eigenvalue weighted by Crippen LogP contribution is -2.26. The van der Waals surface area contributed by atoms with E-state index in [2.05, 4.69) is 4.74 Å². The van der Waals surface area contributed by atoms with Crippen molar-refractivity contribution in [2.45, 2.75) is 27.4 Å². The molecular formula is C15H17F2NO7. The molecule has 0 spiro atoms. The van der Waals surface area contributed by atoms with Crippen LogP contribution in [0, 0.1) is 15.5 Å². The molecule has 0 radical (unpaired) electrons. The van der Waals surface area contributed by atoms with E-state index in [4.69, 9.17) is 9.47 Å². The Morgan fingerprint density at radius 1 is 1.24 bits per heavy atom. The summed E-state index contributed by atoms with van der Waals surface area (Å²) in [6.07, 6.45) is 0. The van der Waals surface area contributed by atoms with Gasteiger partial charge >= 0.3 is 12.6 Å². The number of esters is 1. The first-order chi connectivity index (χ1) is 11.5. The number of ether oxygens (including phenoxy) is 3. The number of halogens is 2. The van der Waals surface area contributed by atoms with Crippen LogP contribution < -0.4 is 9.47 Å². The maximum atomic E-state index is 12.4. The van der Waals surface area contributed by atoms with Crippen LogP contribution in [0.15, 0.2) is 12.1 Å². The minimum atomic E-state index is -3.24. The monoisotopic (exact) mass is 361 g/mol. The molecule has 10 heteroatoms. The van der Waals surface area contributed by atoms with Gasteiger partial charge in [0.2, 0.25) is 0 Å². The van der Waals surface area contributed by atoms with Crippen LogP contribution >= 0.6 is 0 Å². The van der Waals surface area contributed by atoms with Crippen molar-refractivity contribution in [2.75, 3.05) is 13.7 Å². The molecule has 0 aliphatic heterocycles. The van der Waals surface area contributed by atoms with Crippen LogP contribution in [0.1, 0.15) is 31.1 Å². The quantitative estimate of drug-likeness (QED) is 0.417. The molecule has 0 unspecified atom stereocenters. The van der Waals surface area contributed by atoms with E-state index in [9.17, 15) is 28.5 Å². The number of hydrogen-bond donors (Lipinski definition) is 0. The molecule has 138 valence electrons. The third kappa shape index (κ3) is 5.37. The van der Waals surface area contributed by atoms with Gasteiger partial charge in [-0.15, -0.1) is 0 Å². The van der Waals surface area contributed by atoms with Crippen molar-refractivity contribution in [3.63, 3.8) is 0 Å². The summed E-state index contributed by atoms with van der Waals surface area (Å²) >= 11 is 0. The van der Waals surface area contributed by atoms with E-state index >= 15 is 0 Å². The summed E-state index contributed by atoms with van der Waals surface area (Å²) in [5.74, 6) is -2.48. The third-order valence-corrected chi connectivity index (χ3v) is 3.09. The summed E-state index contributed by atoms with van der Waals surface area (Å²) in [6, 6.07) is 1.48. The van der Waals surface area contributed by atoms with Crippen LogP contribution in [0.25, 0.3) is 0 Å². The number of carbonyl (C=O) groups is 2. The molecule has 1 aromatic rings. The molecule has 0 saturated heterocycles. The molecule has 0 aromatic heterocycles. The standard InChI is InChI=1S/C15H17F2NO7/c1-15(2,3)12(19)7-24-13(20)8-5-10(23-4)11(25-14(16)17)6-9(8)18(21)22/h5-6,14H,7H2,1-4H3. The second-order valence-corrected chi connectivity index (χ2v) is 5.91. The molecule has 0 atom stereocenters. The SMILES string of the molecule is COc1cc(C(=O)OCC(=O)C(C)(C)C)c([N+](=O)[O-])cc1OC(F)F. The zero-order chi connectivity index (χ0) is 19.4. The number of ketones is 1. The fourth-order valence-corrected chi connectivity index (χ4v) is 1.64. The lowest BCUT2D eigenvalue weighted by atomic mass is 9.91. The fraction of sp³-hybridized carbons (Fsp3) is 0.467. The number of carbonyl (C=O) groups excluding carboxylic acids is 2. The van der Waals surface area contributed by atoms with Gasteiger partial charge in [-0.2, -0.15) is 8.78 Å². The Morgan fingerprint density at radius 3 is 2.28 bits per heavy atom. The highest BCUT2D eigenvalue weighted by Gasteiger charge is 2.29. The van der Waals surface area contributed by atoms with Crippen LogP contribution in [-0.4, -0.2) is 37.0 Å². The summed E-state index contributed by atoms with van der Waals surface area (Å²) in [5, 5.41) is 11.1. The highest BCUT2D eigenvalue weighted by atomic mass is 19.3. The van der Waals surface area contributed by atoms with E-state index in [0.717, 1.165) is 13.2 Å². The Hall–Kier alpha value is -2.78. The van der Waals surface area contributed by atoms with Crippen molar-refractivity contribution in [2.24, 2.45) is 5.41 Å². The first-order valence-electron chi connectivity index (χ1n) is 6.99. The predicted octanol–water partition coefficient (Wildman–Crippen LogP) is 2.98. The Balaban J connectivity index is 3.18. The molecule has 8 nitrogen and oxygen atoms in total. The molecule has 0 amide bonds. The number of nitro benzene ring substituents is 1. The van der Waals surface area contributed by atoms with Gasteiger partial charge in [0, 0.05) is 11.5 Å². The molecule has 1 rings (SSSR count). The van der Waals surface area contributed by atoms with Gasteiger partial charge < -0.3 is 14.2 Å². The first kappa shape index (κ1) is 20.3. The van der Waals surface area contributed by atoms with Gasteiger partial charge in [-0.1, -0.05) is 20.8 Å². The van der Waals surface area contributed by atoms with E-state index in [0.29, 0.717) is 6.07 Å². The molecule has 25 heavy (non-hydrogen) atoms. The summed E-state index contributed by atoms with van der Waals surface area (Å²) in [7, 11) is 1.11. The number of Topliss-reactive ketones (excluding diaryl/α,β-unsaturated/α-hetero) is 1. The Morgan fingerprint density at radius 2 is 1.84 bits per heavy atom. The third-order valence-electron chi connectivity index (χ3n) is 3.09. The molecule has 0 heterocycles. The smallest absolute Gasteiger partial charge is 0.387 e. The van der Waals surface area contributed by atoms with Crippen LogP contribution in [0.4, 0.5) is 14.5 Å². The minimum absolute atomic E-state index is 0.319. The van der Waals surface area contributed by atoms with E-state index in [1.54, 1.807) is 20.8 Å². The molecule has 0 aliphatic rings. The van der Waals surface area contributed by atoms with Crippen molar-refractivity contribution in [3.8, 4) is 11.5 Å². The number of alkyl halides is 2. The van der Waals surface area contributed by atoms with E-state index in [-0.39, 0.29) is 5.75 Å². The van der Waals surface area contributed by atoms with Crippen molar-refractivity contribution in [1.29, 1.82) is 0 Å². The molecule has 0 N–H and O–H groups in total. The Bertz CT molecular complexity index is 683. The minimum Gasteiger partial charge on any atom is -0.493 e. The van der Waals surface area contributed by atoms with Gasteiger partial charge in [-0.3, -0.25) is 14.9 Å². The van der Waals surface area contributed by atoms with Crippen molar-refractivity contribution in [3.05, 3.63) is 27.8 Å². The molecular weight excluding hydrogens is 344 g/mol. The Labute approximate surface area is 141 Å². The topological polar surface area (TPSA) is 105 Å². The van der Waals surface area contributed by atoms with E-state index < -0.39 is 52.3 Å². The second-order valence-electron chi connectivity index (χ2n) is 5.91. The van der Waals surface area contributed by atoms with Gasteiger partial charge in [0.1, 0.15) is 5.56 Å². The lowest BCUT2D eigenvalue weighted by Gasteiger charge is -2.16. The van der Waals surface area contributed by atoms with Gasteiger partial charge in [-0.05, 0) is 0 Å². The number of nitrogens with zero attached hydrogens (tertiary/aromatic N) is 1. The van der Waals surface area contributed by atoms with Gasteiger partial charge in [-0.25, -0.2) is 4.79 Å². The van der Waals surface area contributed by atoms with Crippen molar-refractivity contribution < 1.29 is 37.5 Å². The van der Waals surface area contributed by atoms with Gasteiger partial charge in [0.15, 0.2) is 23.9 Å². The molecule has 0 fully saturated rings. The van der Waals surface area contributed by atoms with Crippen LogP contribution in [0.2, 0.25) is 0 Å². The summed E-state index contributed by atoms with van der Waals surface area (Å²) in [5.41, 5.74) is -2.13. The summed E-state index contributed by atoms with van der Waals surface area (Å²) in [6.45, 7) is 1.02. The number of nitro groups is 1. The zero-order valence-electron chi connectivity index (χ0n) is 14.0. The average Bonchev–Trinajstić information content (AvgIpc) is 2.50. The normalized spacial score (nSPS) is 11.2.